The van der Waals surface area contributed by atoms with Crippen molar-refractivity contribution < 1.29 is 9.59 Å². The molecule has 8 heteroatoms. The van der Waals surface area contributed by atoms with E-state index >= 15 is 0 Å². The lowest BCUT2D eigenvalue weighted by molar-refractivity contribution is -0.113. The lowest BCUT2D eigenvalue weighted by atomic mass is 10.1. The van der Waals surface area contributed by atoms with Crippen molar-refractivity contribution in [3.8, 4) is 0 Å². The molecule has 0 saturated heterocycles. The smallest absolute Gasteiger partial charge is 0.234 e. The largest absolute Gasteiger partial charge is 0.325 e. The van der Waals surface area contributed by atoms with Crippen LogP contribution in [0.1, 0.15) is 30.6 Å². The summed E-state index contributed by atoms with van der Waals surface area (Å²) in [7, 11) is 0. The van der Waals surface area contributed by atoms with Crippen LogP contribution in [-0.2, 0) is 11.3 Å². The van der Waals surface area contributed by atoms with Gasteiger partial charge in [0, 0.05) is 23.2 Å². The van der Waals surface area contributed by atoms with Gasteiger partial charge in [-0.05, 0) is 43.7 Å². The van der Waals surface area contributed by atoms with Crippen LogP contribution in [0.5, 0.6) is 0 Å². The lowest BCUT2D eigenvalue weighted by Gasteiger charge is -2.06. The zero-order valence-electron chi connectivity index (χ0n) is 16.8. The highest BCUT2D eigenvalue weighted by atomic mass is 32.2. The van der Waals surface area contributed by atoms with Gasteiger partial charge in [0.1, 0.15) is 5.52 Å². The number of nitrogens with one attached hydrogen (secondary N) is 1. The Kier molecular flexibility index (Phi) is 5.76. The molecule has 2 heterocycles. The van der Waals surface area contributed by atoms with E-state index in [1.54, 1.807) is 24.3 Å². The van der Waals surface area contributed by atoms with Crippen LogP contribution in [-0.4, -0.2) is 37.2 Å². The monoisotopic (exact) mass is 419 g/mol. The van der Waals surface area contributed by atoms with E-state index in [-0.39, 0.29) is 17.4 Å². The molecule has 152 valence electrons. The number of ketones is 1. The van der Waals surface area contributed by atoms with E-state index in [0.717, 1.165) is 35.0 Å². The predicted molar refractivity (Wildman–Crippen MR) is 119 cm³/mol. The minimum absolute atomic E-state index is 0.0102. The predicted octanol–water partition coefficient (Wildman–Crippen LogP) is 4.32. The van der Waals surface area contributed by atoms with Crippen molar-refractivity contribution in [2.45, 2.75) is 32.0 Å². The van der Waals surface area contributed by atoms with Gasteiger partial charge in [-0.25, -0.2) is 4.98 Å². The second kappa shape index (κ2) is 8.62. The average Bonchev–Trinajstić information content (AvgIpc) is 3.06. The molecule has 0 aliphatic heterocycles. The summed E-state index contributed by atoms with van der Waals surface area (Å²) in [5.74, 6) is -0.0207. The third-order valence-corrected chi connectivity index (χ3v) is 5.55. The average molecular weight is 420 g/mol. The van der Waals surface area contributed by atoms with Gasteiger partial charge >= 0.3 is 0 Å². The minimum Gasteiger partial charge on any atom is -0.325 e. The van der Waals surface area contributed by atoms with E-state index in [0.29, 0.717) is 16.4 Å². The molecular weight excluding hydrogens is 398 g/mol. The topological polar surface area (TPSA) is 89.8 Å². The zero-order valence-corrected chi connectivity index (χ0v) is 17.6. The molecule has 4 rings (SSSR count). The summed E-state index contributed by atoms with van der Waals surface area (Å²) in [5, 5.41) is 12.9. The first kappa shape index (κ1) is 20.0. The number of aryl methyl sites for hydroxylation is 1. The molecule has 2 aromatic carbocycles. The Morgan fingerprint density at radius 2 is 1.83 bits per heavy atom. The molecule has 0 aliphatic carbocycles. The molecule has 2 aromatic heterocycles. The van der Waals surface area contributed by atoms with Crippen LogP contribution in [0.2, 0.25) is 0 Å². The molecule has 7 nitrogen and oxygen atoms in total. The van der Waals surface area contributed by atoms with Crippen molar-refractivity contribution in [3.63, 3.8) is 0 Å². The van der Waals surface area contributed by atoms with E-state index in [9.17, 15) is 9.59 Å². The Balaban J connectivity index is 1.50. The number of hydrogen-bond donors (Lipinski definition) is 1. The molecular formula is C22H21N5O2S. The van der Waals surface area contributed by atoms with E-state index in [4.69, 9.17) is 0 Å². The van der Waals surface area contributed by atoms with Crippen molar-refractivity contribution >= 4 is 51.2 Å². The Morgan fingerprint density at radius 1 is 1.07 bits per heavy atom. The summed E-state index contributed by atoms with van der Waals surface area (Å²) in [6.07, 6.45) is 0.977. The maximum absolute atomic E-state index is 12.3. The first-order valence-corrected chi connectivity index (χ1v) is 10.7. The molecule has 30 heavy (non-hydrogen) atoms. The summed E-state index contributed by atoms with van der Waals surface area (Å²) in [4.78, 5) is 28.3. The fourth-order valence-electron chi connectivity index (χ4n) is 3.32. The quantitative estimate of drug-likeness (QED) is 0.354. The summed E-state index contributed by atoms with van der Waals surface area (Å²) >= 11 is 1.24. The van der Waals surface area contributed by atoms with Crippen LogP contribution in [0.4, 0.5) is 5.69 Å². The fourth-order valence-corrected chi connectivity index (χ4v) is 3.90. The number of anilines is 1. The minimum atomic E-state index is -0.173. The standard InChI is InChI=1S/C22H21N5O2S/c1-3-12-27-18-7-5-4-6-17(18)20-21(27)24-22(26-25-20)30-13-19(29)23-16-10-8-15(9-11-16)14(2)28/h4-11H,3,12-13H2,1-2H3,(H,23,29). The van der Waals surface area contributed by atoms with Crippen molar-refractivity contribution in [3.05, 3.63) is 54.1 Å². The first-order valence-electron chi connectivity index (χ1n) is 9.72. The van der Waals surface area contributed by atoms with Crippen LogP contribution in [0.3, 0.4) is 0 Å². The SMILES string of the molecule is CCCn1c2ccccc2c2nnc(SCC(=O)Nc3ccc(C(C)=O)cc3)nc21. The second-order valence-corrected chi connectivity index (χ2v) is 7.85. The second-order valence-electron chi connectivity index (χ2n) is 6.91. The van der Waals surface area contributed by atoms with Crippen LogP contribution >= 0.6 is 11.8 Å². The number of para-hydroxylation sites is 1. The summed E-state index contributed by atoms with van der Waals surface area (Å²) in [6, 6.07) is 14.9. The third kappa shape index (κ3) is 4.04. The Hall–Kier alpha value is -3.26. The number of thioether (sulfide) groups is 1. The van der Waals surface area contributed by atoms with Gasteiger partial charge in [-0.15, -0.1) is 10.2 Å². The van der Waals surface area contributed by atoms with Gasteiger partial charge in [0.25, 0.3) is 0 Å². The van der Waals surface area contributed by atoms with Gasteiger partial charge in [-0.2, -0.15) is 0 Å². The molecule has 4 aromatic rings. The molecule has 0 radical (unpaired) electrons. The van der Waals surface area contributed by atoms with Gasteiger partial charge in [0.2, 0.25) is 11.1 Å². The number of aromatic nitrogens is 4. The maximum atomic E-state index is 12.3. The van der Waals surface area contributed by atoms with E-state index < -0.39 is 0 Å². The maximum Gasteiger partial charge on any atom is 0.234 e. The third-order valence-electron chi connectivity index (χ3n) is 4.71. The van der Waals surface area contributed by atoms with Gasteiger partial charge in [-0.1, -0.05) is 36.9 Å². The number of benzene rings is 2. The van der Waals surface area contributed by atoms with Crippen LogP contribution in [0.15, 0.2) is 53.7 Å². The molecule has 0 bridgehead atoms. The summed E-state index contributed by atoms with van der Waals surface area (Å²) in [5.41, 5.74) is 3.90. The molecule has 0 fully saturated rings. The Bertz CT molecular complexity index is 1230. The zero-order chi connectivity index (χ0) is 21.1. The highest BCUT2D eigenvalue weighted by molar-refractivity contribution is 7.99. The lowest BCUT2D eigenvalue weighted by Crippen LogP contribution is -2.14. The number of hydrogen-bond acceptors (Lipinski definition) is 6. The van der Waals surface area contributed by atoms with Crippen molar-refractivity contribution in [2.75, 3.05) is 11.1 Å². The van der Waals surface area contributed by atoms with Gasteiger partial charge in [0.15, 0.2) is 11.4 Å². The number of fused-ring (bicyclic) bond motifs is 3. The molecule has 0 saturated carbocycles. The van der Waals surface area contributed by atoms with Crippen molar-refractivity contribution in [1.82, 2.24) is 19.7 Å². The fraction of sp³-hybridized carbons (Fsp3) is 0.227. The van der Waals surface area contributed by atoms with E-state index in [2.05, 4.69) is 38.1 Å². The molecule has 0 atom stereocenters. The number of Topliss-reactive ketones (excluding diaryl/α,β-unsaturated/α-hetero) is 1. The Morgan fingerprint density at radius 3 is 2.57 bits per heavy atom. The van der Waals surface area contributed by atoms with E-state index in [1.165, 1.54) is 18.7 Å². The van der Waals surface area contributed by atoms with Crippen LogP contribution < -0.4 is 5.32 Å². The number of rotatable bonds is 7. The number of amides is 1. The molecule has 1 N–H and O–H groups in total. The van der Waals surface area contributed by atoms with Crippen LogP contribution in [0.25, 0.3) is 22.1 Å². The molecule has 0 unspecified atom stereocenters. The van der Waals surface area contributed by atoms with Crippen LogP contribution in [0, 0.1) is 0 Å². The summed E-state index contributed by atoms with van der Waals surface area (Å²) in [6.45, 7) is 4.47. The van der Waals surface area contributed by atoms with Crippen molar-refractivity contribution in [2.24, 2.45) is 0 Å². The Labute approximate surface area is 177 Å². The molecule has 0 aliphatic rings. The highest BCUT2D eigenvalue weighted by Gasteiger charge is 2.15. The van der Waals surface area contributed by atoms with Crippen molar-refractivity contribution in [1.29, 1.82) is 0 Å². The molecule has 1 amide bonds. The number of carbonyl (C=O) groups is 2. The normalized spacial score (nSPS) is 11.1. The van der Waals surface area contributed by atoms with E-state index in [1.807, 2.05) is 18.2 Å². The summed E-state index contributed by atoms with van der Waals surface area (Å²) < 4.78 is 2.15. The highest BCUT2D eigenvalue weighted by Crippen LogP contribution is 2.27. The van der Waals surface area contributed by atoms with Gasteiger partial charge in [-0.3, -0.25) is 9.59 Å². The number of carbonyl (C=O) groups excluding carboxylic acids is 2. The first-order chi connectivity index (χ1) is 14.6. The molecule has 0 spiro atoms. The van der Waals surface area contributed by atoms with Gasteiger partial charge in [0.05, 0.1) is 11.3 Å². The number of nitrogens with zero attached hydrogens (tertiary/aromatic N) is 4. The van der Waals surface area contributed by atoms with Gasteiger partial charge < -0.3 is 9.88 Å².